The Bertz CT molecular complexity index is 1050. The largest absolute Gasteiger partial charge is 0.376 e. The van der Waals surface area contributed by atoms with E-state index in [1.54, 1.807) is 0 Å². The SMILES string of the molecule is Cc1nc(N2CCN(C)CC2)c2nc(-c3ccccc3Cl)n(C[C@@H]3CCCO3)c2n1. The Balaban J connectivity index is 1.67. The molecule has 1 aromatic carbocycles. The molecule has 2 fully saturated rings. The van der Waals surface area contributed by atoms with Crippen LogP contribution in [0.5, 0.6) is 0 Å². The molecule has 2 aliphatic heterocycles. The lowest BCUT2D eigenvalue weighted by molar-refractivity contribution is 0.0981. The third kappa shape index (κ3) is 3.66. The van der Waals surface area contributed by atoms with E-state index in [0.717, 1.165) is 86.4 Å². The molecule has 4 heterocycles. The molecule has 2 saturated heterocycles. The molecule has 0 radical (unpaired) electrons. The molecule has 5 rings (SSSR count). The molecular formula is C22H27ClN6O. The topological polar surface area (TPSA) is 59.3 Å². The van der Waals surface area contributed by atoms with Crippen molar-refractivity contribution in [2.75, 3.05) is 44.7 Å². The van der Waals surface area contributed by atoms with Crippen LogP contribution in [0.2, 0.25) is 5.02 Å². The molecule has 8 heteroatoms. The summed E-state index contributed by atoms with van der Waals surface area (Å²) in [6.07, 6.45) is 2.32. The standard InChI is InChI=1S/C22H27ClN6O/c1-15-24-21(28-11-9-27(2)10-12-28)19-22(25-15)29(14-16-6-5-13-30-16)20(26-19)17-7-3-4-8-18(17)23/h3-4,7-8,16H,5-6,9-14H2,1-2H3/t16-/m0/s1. The molecule has 0 bridgehead atoms. The number of anilines is 1. The Kier molecular flexibility index (Phi) is 5.35. The quantitative estimate of drug-likeness (QED) is 0.637. The molecule has 2 aromatic heterocycles. The van der Waals surface area contributed by atoms with Gasteiger partial charge in [0.15, 0.2) is 17.0 Å². The molecule has 0 unspecified atom stereocenters. The highest BCUT2D eigenvalue weighted by molar-refractivity contribution is 6.33. The fourth-order valence-electron chi connectivity index (χ4n) is 4.34. The van der Waals surface area contributed by atoms with Gasteiger partial charge in [-0.1, -0.05) is 23.7 Å². The highest BCUT2D eigenvalue weighted by atomic mass is 35.5. The molecular weight excluding hydrogens is 400 g/mol. The van der Waals surface area contributed by atoms with E-state index in [9.17, 15) is 0 Å². The summed E-state index contributed by atoms with van der Waals surface area (Å²) >= 11 is 6.57. The van der Waals surface area contributed by atoms with Crippen molar-refractivity contribution in [1.82, 2.24) is 24.4 Å². The zero-order valence-electron chi connectivity index (χ0n) is 17.5. The fourth-order valence-corrected chi connectivity index (χ4v) is 4.56. The van der Waals surface area contributed by atoms with Crippen molar-refractivity contribution < 1.29 is 4.74 Å². The summed E-state index contributed by atoms with van der Waals surface area (Å²) in [6.45, 7) is 7.38. The summed E-state index contributed by atoms with van der Waals surface area (Å²) in [6, 6.07) is 7.87. The van der Waals surface area contributed by atoms with Gasteiger partial charge >= 0.3 is 0 Å². The summed E-state index contributed by atoms with van der Waals surface area (Å²) in [5, 5.41) is 0.687. The highest BCUT2D eigenvalue weighted by Crippen LogP contribution is 2.34. The van der Waals surface area contributed by atoms with Crippen LogP contribution in [0.15, 0.2) is 24.3 Å². The van der Waals surface area contributed by atoms with Gasteiger partial charge in [0.25, 0.3) is 0 Å². The molecule has 2 aliphatic rings. The van der Waals surface area contributed by atoms with Crippen molar-refractivity contribution in [2.24, 2.45) is 0 Å². The van der Waals surface area contributed by atoms with Gasteiger partial charge in [-0.3, -0.25) is 0 Å². The van der Waals surface area contributed by atoms with Crippen LogP contribution in [0.3, 0.4) is 0 Å². The first-order valence-electron chi connectivity index (χ1n) is 10.6. The van der Waals surface area contributed by atoms with Crippen molar-refractivity contribution in [3.8, 4) is 11.4 Å². The number of aryl methyl sites for hydroxylation is 1. The monoisotopic (exact) mass is 426 g/mol. The van der Waals surface area contributed by atoms with Gasteiger partial charge < -0.3 is 19.1 Å². The van der Waals surface area contributed by atoms with Crippen LogP contribution in [0.4, 0.5) is 5.82 Å². The summed E-state index contributed by atoms with van der Waals surface area (Å²) in [5.74, 6) is 2.52. The number of rotatable bonds is 4. The fraction of sp³-hybridized carbons (Fsp3) is 0.500. The number of hydrogen-bond donors (Lipinski definition) is 0. The minimum atomic E-state index is 0.172. The lowest BCUT2D eigenvalue weighted by atomic mass is 10.2. The first-order valence-corrected chi connectivity index (χ1v) is 11.0. The Morgan fingerprint density at radius 1 is 1.10 bits per heavy atom. The number of nitrogens with zero attached hydrogens (tertiary/aromatic N) is 6. The maximum atomic E-state index is 6.57. The van der Waals surface area contributed by atoms with Crippen molar-refractivity contribution in [3.63, 3.8) is 0 Å². The van der Waals surface area contributed by atoms with Gasteiger partial charge in [-0.25, -0.2) is 15.0 Å². The van der Waals surface area contributed by atoms with Crippen LogP contribution < -0.4 is 4.90 Å². The Labute approximate surface area is 181 Å². The number of likely N-dealkylation sites (N-methyl/N-ethyl adjacent to an activating group) is 1. The molecule has 7 nitrogen and oxygen atoms in total. The van der Waals surface area contributed by atoms with E-state index < -0.39 is 0 Å². The van der Waals surface area contributed by atoms with Gasteiger partial charge in [0.2, 0.25) is 0 Å². The van der Waals surface area contributed by atoms with E-state index in [2.05, 4.69) is 21.4 Å². The first kappa shape index (κ1) is 19.7. The number of aromatic nitrogens is 4. The van der Waals surface area contributed by atoms with E-state index in [4.69, 9.17) is 31.3 Å². The predicted molar refractivity (Wildman–Crippen MR) is 119 cm³/mol. The first-order chi connectivity index (χ1) is 14.6. The van der Waals surface area contributed by atoms with Crippen molar-refractivity contribution in [2.45, 2.75) is 32.4 Å². The van der Waals surface area contributed by atoms with Gasteiger partial charge in [-0.05, 0) is 38.9 Å². The number of imidazole rings is 1. The zero-order valence-corrected chi connectivity index (χ0v) is 18.3. The Hall–Kier alpha value is -2.22. The number of piperazine rings is 1. The normalized spacial score (nSPS) is 20.4. The smallest absolute Gasteiger partial charge is 0.166 e. The second-order valence-corrected chi connectivity index (χ2v) is 8.63. The van der Waals surface area contributed by atoms with E-state index in [0.29, 0.717) is 5.02 Å². The number of fused-ring (bicyclic) bond motifs is 1. The number of ether oxygens (including phenoxy) is 1. The third-order valence-electron chi connectivity index (χ3n) is 6.02. The van der Waals surface area contributed by atoms with Gasteiger partial charge in [0.1, 0.15) is 11.6 Å². The molecule has 0 aliphatic carbocycles. The molecule has 0 spiro atoms. The van der Waals surface area contributed by atoms with E-state index in [1.807, 2.05) is 31.2 Å². The molecule has 3 aromatic rings. The molecule has 158 valence electrons. The average molecular weight is 427 g/mol. The van der Waals surface area contributed by atoms with Gasteiger partial charge in [0.05, 0.1) is 17.7 Å². The van der Waals surface area contributed by atoms with E-state index >= 15 is 0 Å². The summed E-state index contributed by atoms with van der Waals surface area (Å²) in [7, 11) is 2.16. The van der Waals surface area contributed by atoms with Crippen molar-refractivity contribution >= 4 is 28.6 Å². The minimum Gasteiger partial charge on any atom is -0.376 e. The van der Waals surface area contributed by atoms with Crippen LogP contribution in [0.1, 0.15) is 18.7 Å². The summed E-state index contributed by atoms with van der Waals surface area (Å²) in [4.78, 5) is 19.4. The Morgan fingerprint density at radius 3 is 2.63 bits per heavy atom. The van der Waals surface area contributed by atoms with Crippen LogP contribution in [-0.2, 0) is 11.3 Å². The molecule has 1 atom stereocenters. The number of benzene rings is 1. The molecule has 30 heavy (non-hydrogen) atoms. The maximum absolute atomic E-state index is 6.57. The van der Waals surface area contributed by atoms with Gasteiger partial charge in [-0.2, -0.15) is 0 Å². The molecule has 0 amide bonds. The second-order valence-electron chi connectivity index (χ2n) is 8.22. The lowest BCUT2D eigenvalue weighted by Crippen LogP contribution is -2.45. The van der Waals surface area contributed by atoms with Crippen LogP contribution in [-0.4, -0.2) is 70.4 Å². The Morgan fingerprint density at radius 2 is 1.90 bits per heavy atom. The average Bonchev–Trinajstić information content (AvgIpc) is 3.37. The third-order valence-corrected chi connectivity index (χ3v) is 6.35. The van der Waals surface area contributed by atoms with Gasteiger partial charge in [0, 0.05) is 38.3 Å². The highest BCUT2D eigenvalue weighted by Gasteiger charge is 2.26. The van der Waals surface area contributed by atoms with E-state index in [1.165, 1.54) is 0 Å². The number of halogens is 1. The van der Waals surface area contributed by atoms with Crippen LogP contribution in [0.25, 0.3) is 22.6 Å². The van der Waals surface area contributed by atoms with Crippen molar-refractivity contribution in [3.05, 3.63) is 35.1 Å². The van der Waals surface area contributed by atoms with Crippen LogP contribution in [0, 0.1) is 6.92 Å². The molecule has 0 N–H and O–H groups in total. The minimum absolute atomic E-state index is 0.172. The number of hydrogen-bond acceptors (Lipinski definition) is 6. The molecule has 0 saturated carbocycles. The second kappa shape index (κ2) is 8.13. The lowest BCUT2D eigenvalue weighted by Gasteiger charge is -2.33. The van der Waals surface area contributed by atoms with Crippen molar-refractivity contribution in [1.29, 1.82) is 0 Å². The van der Waals surface area contributed by atoms with Crippen LogP contribution >= 0.6 is 11.6 Å². The predicted octanol–water partition coefficient (Wildman–Crippen LogP) is 3.39. The maximum Gasteiger partial charge on any atom is 0.166 e. The zero-order chi connectivity index (χ0) is 20.7. The van der Waals surface area contributed by atoms with Gasteiger partial charge in [-0.15, -0.1) is 0 Å². The summed E-state index contributed by atoms with van der Waals surface area (Å²) < 4.78 is 8.13. The summed E-state index contributed by atoms with van der Waals surface area (Å²) in [5.41, 5.74) is 2.62. The van der Waals surface area contributed by atoms with E-state index in [-0.39, 0.29) is 6.10 Å².